The third-order valence-electron chi connectivity index (χ3n) is 7.73. The Morgan fingerprint density at radius 3 is 1.11 bits per heavy atom. The molecule has 0 unspecified atom stereocenters. The van der Waals surface area contributed by atoms with Gasteiger partial charge in [0.1, 0.15) is 16.1 Å². The van der Waals surface area contributed by atoms with Gasteiger partial charge in [-0.15, -0.1) is 8.19 Å². The summed E-state index contributed by atoms with van der Waals surface area (Å²) >= 11 is 0. The van der Waals surface area contributed by atoms with Crippen LogP contribution in [0.5, 0.6) is 0 Å². The van der Waals surface area contributed by atoms with Gasteiger partial charge in [0.15, 0.2) is 0 Å². The second-order valence-electron chi connectivity index (χ2n) is 13.6. The first-order valence-corrected chi connectivity index (χ1v) is 28.8. The summed E-state index contributed by atoms with van der Waals surface area (Å²) in [6.07, 6.45) is 0. The molecule has 0 N–H and O–H groups in total. The van der Waals surface area contributed by atoms with Crippen molar-refractivity contribution in [2.45, 2.75) is 93.2 Å². The number of rotatable bonds is 6. The van der Waals surface area contributed by atoms with Gasteiger partial charge >= 0.3 is 0 Å². The Bertz CT molecular complexity index is 1160. The van der Waals surface area contributed by atoms with Crippen LogP contribution in [0, 0.1) is 27.7 Å². The molecule has 3 aromatic heterocycles. The summed E-state index contributed by atoms with van der Waals surface area (Å²) < 4.78 is 0. The van der Waals surface area contributed by atoms with E-state index in [2.05, 4.69) is 117 Å². The summed E-state index contributed by atoms with van der Waals surface area (Å²) in [5.74, 6) is 0. The van der Waals surface area contributed by atoms with Gasteiger partial charge in [-0.3, -0.25) is 0 Å². The van der Waals surface area contributed by atoms with E-state index in [-0.39, 0.29) is 0 Å². The zero-order valence-corrected chi connectivity index (χ0v) is 31.5. The fourth-order valence-corrected chi connectivity index (χ4v) is 26.3. The van der Waals surface area contributed by atoms with E-state index >= 15 is 0 Å². The van der Waals surface area contributed by atoms with Crippen molar-refractivity contribution >= 4 is 86.4 Å². The van der Waals surface area contributed by atoms with Crippen LogP contribution < -0.4 is 29.5 Å². The van der Waals surface area contributed by atoms with Gasteiger partial charge in [-0.25, -0.2) is 0 Å². The number of hydrogen-bond acceptors (Lipinski definition) is 0. The topological polar surface area (TPSA) is 0 Å². The minimum atomic E-state index is -1.73. The van der Waals surface area contributed by atoms with E-state index in [1.807, 2.05) is 9.84 Å². The molecule has 0 bridgehead atoms. The van der Waals surface area contributed by atoms with E-state index in [1.54, 1.807) is 58.3 Å². The van der Waals surface area contributed by atoms with Gasteiger partial charge in [-0.05, 0) is 79.5 Å². The lowest BCUT2D eigenvalue weighted by molar-refractivity contribution is 1.42. The summed E-state index contributed by atoms with van der Waals surface area (Å²) in [7, 11) is -2.07. The summed E-state index contributed by atoms with van der Waals surface area (Å²) in [5.41, 5.74) is 6.38. The number of hydrogen-bond donors (Lipinski definition) is 0. The number of aryl methyl sites for hydroxylation is 2. The molecule has 0 radical (unpaired) electrons. The van der Waals surface area contributed by atoms with Crippen molar-refractivity contribution < 1.29 is 0 Å². The standard InChI is InChI=1S/C28H47P3Si4/c1-19-15-17-23(32(5,6)7)29-25(19)34(11,12)27-21(3)22(4)28(31-27)35(13,14)26-20(2)16-18-24(30-26)33(8,9)10/h15-18,31H,1-14H3. The Labute approximate surface area is 225 Å². The zero-order chi connectivity index (χ0) is 26.7. The van der Waals surface area contributed by atoms with Crippen LogP contribution in [0.25, 0.3) is 0 Å². The van der Waals surface area contributed by atoms with Crippen LogP contribution in [0.4, 0.5) is 0 Å². The Morgan fingerprint density at radius 1 is 0.514 bits per heavy atom. The zero-order valence-electron chi connectivity index (χ0n) is 24.7. The van der Waals surface area contributed by atoms with Crippen molar-refractivity contribution in [1.29, 1.82) is 0 Å². The van der Waals surface area contributed by atoms with Crippen molar-refractivity contribution in [3.05, 3.63) is 46.5 Å². The molecule has 0 atom stereocenters. The van der Waals surface area contributed by atoms with Gasteiger partial charge < -0.3 is 0 Å². The molecule has 3 rings (SSSR count). The lowest BCUT2D eigenvalue weighted by Gasteiger charge is -2.29. The van der Waals surface area contributed by atoms with Crippen LogP contribution >= 0.6 is 24.6 Å². The SMILES string of the molecule is Cc1ccc([Si](C)(C)C)pc1[Si](C)(C)c1[pH]c([Si](C)(C)c2pc([Si](C)(C)C)ccc2C)c(C)c1C. The maximum absolute atomic E-state index is 2.65. The molecule has 7 heteroatoms. The molecule has 0 nitrogen and oxygen atoms in total. The average Bonchev–Trinajstić information content (AvgIpc) is 3.02. The van der Waals surface area contributed by atoms with Crippen LogP contribution in [-0.2, 0) is 0 Å². The average molecular weight is 589 g/mol. The normalized spacial score (nSPS) is 14.1. The second-order valence-corrected chi connectivity index (χ2v) is 38.4. The van der Waals surface area contributed by atoms with E-state index in [1.165, 1.54) is 0 Å². The fraction of sp³-hybridized carbons (Fsp3) is 0.500. The molecule has 0 aliphatic heterocycles. The molecule has 0 saturated heterocycles. The molecular formula is C28H47P3Si4. The predicted octanol–water partition coefficient (Wildman–Crippen LogP) is 6.85. The smallest absolute Gasteiger partial charge is 0.123 e. The minimum Gasteiger partial charge on any atom is -0.140 e. The third-order valence-corrected chi connectivity index (χ3v) is 33.9. The van der Waals surface area contributed by atoms with Crippen molar-refractivity contribution in [3.8, 4) is 0 Å². The van der Waals surface area contributed by atoms with Gasteiger partial charge in [-0.2, -0.15) is 0 Å². The lowest BCUT2D eigenvalue weighted by Crippen LogP contribution is -2.54. The van der Waals surface area contributed by atoms with Crippen LogP contribution in [-0.4, -0.2) is 32.3 Å². The second kappa shape index (κ2) is 9.92. The third kappa shape index (κ3) is 5.70. The molecule has 0 spiro atoms. The Morgan fingerprint density at radius 2 is 0.829 bits per heavy atom. The summed E-state index contributed by atoms with van der Waals surface area (Å²) in [4.78, 5) is 10.6. The van der Waals surface area contributed by atoms with E-state index in [0.717, 1.165) is 8.19 Å². The highest BCUT2D eigenvalue weighted by Gasteiger charge is 2.38. The van der Waals surface area contributed by atoms with Crippen LogP contribution in [0.3, 0.4) is 0 Å². The molecular weight excluding hydrogens is 542 g/mol. The summed E-state index contributed by atoms with van der Waals surface area (Å²) in [6.45, 7) is 35.3. The van der Waals surface area contributed by atoms with Crippen LogP contribution in [0.1, 0.15) is 22.3 Å². The highest BCUT2D eigenvalue weighted by Crippen LogP contribution is 2.27. The Kier molecular flexibility index (Phi) is 8.36. The molecule has 0 aliphatic rings. The quantitative estimate of drug-likeness (QED) is 0.277. The van der Waals surface area contributed by atoms with Crippen molar-refractivity contribution in [2.75, 3.05) is 0 Å². The minimum absolute atomic E-state index is 0.901. The monoisotopic (exact) mass is 588 g/mol. The van der Waals surface area contributed by atoms with Crippen molar-refractivity contribution in [1.82, 2.24) is 0 Å². The highest BCUT2D eigenvalue weighted by atomic mass is 31.0. The van der Waals surface area contributed by atoms with Gasteiger partial charge in [0, 0.05) is 0 Å². The van der Waals surface area contributed by atoms with Gasteiger partial charge in [0.25, 0.3) is 0 Å². The molecule has 0 aliphatic carbocycles. The van der Waals surface area contributed by atoms with Gasteiger partial charge in [-0.1, -0.05) is 106 Å². The van der Waals surface area contributed by atoms with Gasteiger partial charge in [0.05, 0.1) is 16.1 Å². The predicted molar refractivity (Wildman–Crippen MR) is 182 cm³/mol. The van der Waals surface area contributed by atoms with E-state index in [0.29, 0.717) is 0 Å². The molecule has 0 aromatic carbocycles. The van der Waals surface area contributed by atoms with Crippen LogP contribution in [0.15, 0.2) is 24.3 Å². The van der Waals surface area contributed by atoms with E-state index in [4.69, 9.17) is 0 Å². The van der Waals surface area contributed by atoms with Crippen molar-refractivity contribution in [3.63, 3.8) is 0 Å². The molecule has 3 aromatic rings. The Balaban J connectivity index is 2.20. The molecule has 0 fully saturated rings. The van der Waals surface area contributed by atoms with E-state index in [9.17, 15) is 0 Å². The largest absolute Gasteiger partial charge is 0.140 e. The first-order valence-electron chi connectivity index (χ1n) is 13.0. The summed E-state index contributed by atoms with van der Waals surface area (Å²) in [6, 6.07) is 9.80. The molecule has 190 valence electrons. The molecule has 0 amide bonds. The lowest BCUT2D eigenvalue weighted by atomic mass is 10.2. The first kappa shape index (κ1) is 29.5. The maximum atomic E-state index is 2.65. The van der Waals surface area contributed by atoms with Crippen LogP contribution in [0.2, 0.25) is 65.5 Å². The van der Waals surface area contributed by atoms with Crippen molar-refractivity contribution in [2.24, 2.45) is 0 Å². The fourth-order valence-electron chi connectivity index (χ4n) is 5.33. The maximum Gasteiger partial charge on any atom is 0.123 e. The molecule has 3 heterocycles. The van der Waals surface area contributed by atoms with E-state index < -0.39 is 32.3 Å². The molecule has 35 heavy (non-hydrogen) atoms. The first-order chi connectivity index (χ1) is 15.8. The Hall–Kier alpha value is -0.0525. The highest BCUT2D eigenvalue weighted by molar-refractivity contribution is 7.58. The summed E-state index contributed by atoms with van der Waals surface area (Å²) in [5, 5.41) is 0. The molecule has 0 saturated carbocycles. The van der Waals surface area contributed by atoms with Gasteiger partial charge in [0.2, 0.25) is 0 Å².